The van der Waals surface area contributed by atoms with Crippen molar-refractivity contribution in [1.29, 1.82) is 0 Å². The summed E-state index contributed by atoms with van der Waals surface area (Å²) >= 11 is 1.46. The molecule has 0 saturated carbocycles. The number of nitrogens with zero attached hydrogens (tertiary/aromatic N) is 1. The van der Waals surface area contributed by atoms with Gasteiger partial charge in [-0.25, -0.2) is 4.79 Å². The van der Waals surface area contributed by atoms with Gasteiger partial charge in [0.2, 0.25) is 0 Å². The lowest BCUT2D eigenvalue weighted by atomic mass is 10.0. The zero-order valence-electron chi connectivity index (χ0n) is 15.3. The van der Waals surface area contributed by atoms with Crippen LogP contribution in [0.5, 0.6) is 5.75 Å². The van der Waals surface area contributed by atoms with Crippen molar-refractivity contribution >= 4 is 22.3 Å². The van der Waals surface area contributed by atoms with Gasteiger partial charge in [0.1, 0.15) is 16.3 Å². The van der Waals surface area contributed by atoms with E-state index in [1.807, 2.05) is 24.3 Å². The maximum atomic E-state index is 12.5. The van der Waals surface area contributed by atoms with Crippen molar-refractivity contribution < 1.29 is 14.3 Å². The predicted octanol–water partition coefficient (Wildman–Crippen LogP) is 4.02. The number of nitrogen functional groups attached to an aromatic ring is 1. The maximum Gasteiger partial charge on any atom is 0.341 e. The van der Waals surface area contributed by atoms with Gasteiger partial charge in [-0.1, -0.05) is 26.0 Å². The first kappa shape index (κ1) is 19.3. The third kappa shape index (κ3) is 4.32. The number of thiophene rings is 1. The molecule has 25 heavy (non-hydrogen) atoms. The van der Waals surface area contributed by atoms with Crippen LogP contribution in [0, 0.1) is 0 Å². The Morgan fingerprint density at radius 1 is 1.24 bits per heavy atom. The first-order valence-electron chi connectivity index (χ1n) is 8.50. The van der Waals surface area contributed by atoms with Gasteiger partial charge in [-0.3, -0.25) is 4.90 Å². The van der Waals surface area contributed by atoms with Gasteiger partial charge in [0, 0.05) is 17.0 Å². The van der Waals surface area contributed by atoms with E-state index in [1.54, 1.807) is 14.0 Å². The van der Waals surface area contributed by atoms with E-state index >= 15 is 0 Å². The van der Waals surface area contributed by atoms with E-state index in [0.717, 1.165) is 41.4 Å². The minimum atomic E-state index is -0.375. The molecule has 1 heterocycles. The molecule has 6 heteroatoms. The normalized spacial score (nSPS) is 10.9. The molecule has 0 saturated heterocycles. The number of carbonyl (C=O) groups is 1. The summed E-state index contributed by atoms with van der Waals surface area (Å²) in [6.45, 7) is 8.96. The Hall–Kier alpha value is -2.05. The van der Waals surface area contributed by atoms with Gasteiger partial charge in [-0.05, 0) is 37.7 Å². The zero-order valence-corrected chi connectivity index (χ0v) is 16.1. The van der Waals surface area contributed by atoms with Crippen LogP contribution in [-0.4, -0.2) is 37.7 Å². The summed E-state index contributed by atoms with van der Waals surface area (Å²) in [5, 5.41) is 0.499. The summed E-state index contributed by atoms with van der Waals surface area (Å²) in [4.78, 5) is 15.9. The maximum absolute atomic E-state index is 12.5. The highest BCUT2D eigenvalue weighted by molar-refractivity contribution is 7.17. The molecule has 0 aliphatic carbocycles. The molecule has 2 aromatic rings. The Bertz CT molecular complexity index is 723. The van der Waals surface area contributed by atoms with Gasteiger partial charge in [0.25, 0.3) is 0 Å². The number of hydrogen-bond acceptors (Lipinski definition) is 6. The van der Waals surface area contributed by atoms with Gasteiger partial charge < -0.3 is 15.2 Å². The summed E-state index contributed by atoms with van der Waals surface area (Å²) in [6, 6.07) is 7.69. The summed E-state index contributed by atoms with van der Waals surface area (Å²) in [5.41, 5.74) is 8.44. The van der Waals surface area contributed by atoms with Crippen LogP contribution < -0.4 is 10.5 Å². The van der Waals surface area contributed by atoms with E-state index in [0.29, 0.717) is 17.2 Å². The highest BCUT2D eigenvalue weighted by atomic mass is 32.1. The molecular weight excluding hydrogens is 336 g/mol. The van der Waals surface area contributed by atoms with Gasteiger partial charge >= 0.3 is 5.97 Å². The van der Waals surface area contributed by atoms with Gasteiger partial charge in [0.05, 0.1) is 13.7 Å². The van der Waals surface area contributed by atoms with Crippen molar-refractivity contribution in [1.82, 2.24) is 4.90 Å². The second kappa shape index (κ2) is 8.87. The standard InChI is InChI=1S/C19H26N2O3S/c1-5-21(6-2)12-15-16(13-9-8-10-14(11-13)23-4)17(18(20)25-15)19(22)24-7-3/h8-11H,5-7,12,20H2,1-4H3. The SMILES string of the molecule is CCOC(=O)c1c(N)sc(CN(CC)CC)c1-c1cccc(OC)c1. The predicted molar refractivity (Wildman–Crippen MR) is 103 cm³/mol. The molecule has 0 bridgehead atoms. The Kier molecular flexibility index (Phi) is 6.84. The molecular formula is C19H26N2O3S. The van der Waals surface area contributed by atoms with Crippen LogP contribution >= 0.6 is 11.3 Å². The molecule has 0 aliphatic rings. The lowest BCUT2D eigenvalue weighted by molar-refractivity contribution is 0.0529. The topological polar surface area (TPSA) is 64.8 Å². The number of methoxy groups -OCH3 is 1. The number of nitrogens with two attached hydrogens (primary N) is 1. The van der Waals surface area contributed by atoms with Crippen molar-refractivity contribution in [2.75, 3.05) is 32.5 Å². The number of anilines is 1. The average molecular weight is 362 g/mol. The minimum absolute atomic E-state index is 0.317. The molecule has 1 aromatic carbocycles. The van der Waals surface area contributed by atoms with Crippen molar-refractivity contribution in [3.8, 4) is 16.9 Å². The Labute approximate surface area is 153 Å². The minimum Gasteiger partial charge on any atom is -0.497 e. The highest BCUT2D eigenvalue weighted by Crippen LogP contribution is 2.40. The van der Waals surface area contributed by atoms with Gasteiger partial charge in [-0.2, -0.15) is 0 Å². The van der Waals surface area contributed by atoms with Crippen LogP contribution in [0.3, 0.4) is 0 Å². The van der Waals surface area contributed by atoms with Crippen LogP contribution in [-0.2, 0) is 11.3 Å². The first-order chi connectivity index (χ1) is 12.0. The van der Waals surface area contributed by atoms with Crippen molar-refractivity contribution in [3.63, 3.8) is 0 Å². The molecule has 5 nitrogen and oxygen atoms in total. The van der Waals surface area contributed by atoms with Crippen LogP contribution in [0.25, 0.3) is 11.1 Å². The molecule has 136 valence electrons. The molecule has 1 aromatic heterocycles. The quantitative estimate of drug-likeness (QED) is 0.719. The van der Waals surface area contributed by atoms with Crippen LogP contribution in [0.2, 0.25) is 0 Å². The average Bonchev–Trinajstić information content (AvgIpc) is 2.95. The molecule has 0 atom stereocenters. The van der Waals surface area contributed by atoms with Crippen LogP contribution in [0.1, 0.15) is 36.0 Å². The molecule has 0 fully saturated rings. The number of rotatable bonds is 8. The summed E-state index contributed by atoms with van der Waals surface area (Å²) in [6.07, 6.45) is 0. The molecule has 0 spiro atoms. The molecule has 0 radical (unpaired) electrons. The fourth-order valence-corrected chi connectivity index (χ4v) is 3.87. The second-order valence-electron chi connectivity index (χ2n) is 5.55. The molecule has 2 N–H and O–H groups in total. The lowest BCUT2D eigenvalue weighted by Crippen LogP contribution is -2.22. The fraction of sp³-hybridized carbons (Fsp3) is 0.421. The smallest absolute Gasteiger partial charge is 0.341 e. The van der Waals surface area contributed by atoms with Crippen molar-refractivity contribution in [3.05, 3.63) is 34.7 Å². The first-order valence-corrected chi connectivity index (χ1v) is 9.32. The molecule has 2 rings (SSSR count). The molecule has 0 amide bonds. The summed E-state index contributed by atoms with van der Waals surface area (Å²) in [7, 11) is 1.63. The Morgan fingerprint density at radius 3 is 2.56 bits per heavy atom. The van der Waals surface area contributed by atoms with Crippen molar-refractivity contribution in [2.24, 2.45) is 0 Å². The van der Waals surface area contributed by atoms with E-state index in [2.05, 4.69) is 18.7 Å². The van der Waals surface area contributed by atoms with E-state index in [9.17, 15) is 4.79 Å². The number of benzene rings is 1. The lowest BCUT2D eigenvalue weighted by Gasteiger charge is -2.18. The summed E-state index contributed by atoms with van der Waals surface area (Å²) in [5.74, 6) is 0.366. The number of ether oxygens (including phenoxy) is 2. The zero-order chi connectivity index (χ0) is 18.4. The number of hydrogen-bond donors (Lipinski definition) is 1. The van der Waals surface area contributed by atoms with E-state index < -0.39 is 0 Å². The van der Waals surface area contributed by atoms with Crippen LogP contribution in [0.15, 0.2) is 24.3 Å². The second-order valence-corrected chi connectivity index (χ2v) is 6.69. The Morgan fingerprint density at radius 2 is 1.96 bits per heavy atom. The van der Waals surface area contributed by atoms with Gasteiger partial charge in [0.15, 0.2) is 0 Å². The number of carbonyl (C=O) groups excluding carboxylic acids is 1. The third-order valence-corrected chi connectivity index (χ3v) is 5.11. The molecule has 0 aliphatic heterocycles. The third-order valence-electron chi connectivity index (χ3n) is 4.11. The highest BCUT2D eigenvalue weighted by Gasteiger charge is 2.25. The Balaban J connectivity index is 2.60. The van der Waals surface area contributed by atoms with Gasteiger partial charge in [-0.15, -0.1) is 11.3 Å². The fourth-order valence-electron chi connectivity index (χ4n) is 2.75. The van der Waals surface area contributed by atoms with E-state index in [1.165, 1.54) is 11.3 Å². The summed E-state index contributed by atoms with van der Waals surface area (Å²) < 4.78 is 10.6. The largest absolute Gasteiger partial charge is 0.497 e. The van der Waals surface area contributed by atoms with Crippen molar-refractivity contribution in [2.45, 2.75) is 27.3 Å². The van der Waals surface area contributed by atoms with E-state index in [-0.39, 0.29) is 5.97 Å². The molecule has 0 unspecified atom stereocenters. The van der Waals surface area contributed by atoms with E-state index in [4.69, 9.17) is 15.2 Å². The number of esters is 1. The van der Waals surface area contributed by atoms with Crippen LogP contribution in [0.4, 0.5) is 5.00 Å². The monoisotopic (exact) mass is 362 g/mol.